The minimum absolute atomic E-state index is 0.687. The van der Waals surface area contributed by atoms with Crippen molar-refractivity contribution >= 4 is 22.0 Å². The van der Waals surface area contributed by atoms with Gasteiger partial charge in [-0.2, -0.15) is 0 Å². The van der Waals surface area contributed by atoms with E-state index in [1.54, 1.807) is 23.3 Å². The quantitative estimate of drug-likeness (QED) is 0.606. The van der Waals surface area contributed by atoms with Crippen molar-refractivity contribution in [2.45, 2.75) is 11.8 Å². The Kier molecular flexibility index (Phi) is 3.89. The van der Waals surface area contributed by atoms with Crippen LogP contribution in [0.4, 0.5) is 0 Å². The minimum Gasteiger partial charge on any atom is -0.497 e. The topological polar surface area (TPSA) is 59.9 Å². The maximum atomic E-state index is 13.1. The summed E-state index contributed by atoms with van der Waals surface area (Å²) in [5.74, 6) is 0.687. The number of methoxy groups -OCH3 is 1. The first-order chi connectivity index (χ1) is 12.2. The molecule has 1 unspecified atom stereocenters. The number of aromatic amines is 1. The average molecular weight is 351 g/mol. The fraction of sp³-hybridized carbons (Fsp3) is 0.105. The average Bonchev–Trinajstić information content (AvgIpc) is 3.26. The van der Waals surface area contributed by atoms with Gasteiger partial charge in [0.1, 0.15) is 11.4 Å². The molecule has 1 atom stereocenters. The highest BCUT2D eigenvalue weighted by Crippen LogP contribution is 2.27. The summed E-state index contributed by atoms with van der Waals surface area (Å²) in [5.41, 5.74) is 3.68. The molecule has 0 amide bonds. The predicted molar refractivity (Wildman–Crippen MR) is 99.1 cm³/mol. The Balaban J connectivity index is 1.81. The van der Waals surface area contributed by atoms with E-state index in [0.29, 0.717) is 10.6 Å². The minimum atomic E-state index is -1.37. The molecule has 0 aliphatic heterocycles. The number of pyridine rings is 1. The molecule has 0 bridgehead atoms. The molecular formula is C19H17N3O2S. The van der Waals surface area contributed by atoms with E-state index in [1.807, 2.05) is 55.7 Å². The number of H-pyrrole nitrogens is 1. The van der Waals surface area contributed by atoms with Gasteiger partial charge in [-0.3, -0.25) is 3.97 Å². The lowest BCUT2D eigenvalue weighted by atomic mass is 10.2. The molecule has 0 radical (unpaired) electrons. The number of rotatable bonds is 4. The standard InChI is InChI=1S/C19H17N3O2S/c1-13-8-18(15-9-14-6-7-20-19(14)21-11-15)22(12-13)25(23)17-5-3-4-16(10-17)24-2/h3-12H,1-2H3,(H,20,21). The van der Waals surface area contributed by atoms with Crippen molar-refractivity contribution in [3.05, 3.63) is 66.6 Å². The van der Waals surface area contributed by atoms with Crippen molar-refractivity contribution in [2.24, 2.45) is 0 Å². The van der Waals surface area contributed by atoms with E-state index in [2.05, 4.69) is 9.97 Å². The summed E-state index contributed by atoms with van der Waals surface area (Å²) in [7, 11) is 0.229. The van der Waals surface area contributed by atoms with Crippen LogP contribution in [0.25, 0.3) is 22.3 Å². The smallest absolute Gasteiger partial charge is 0.157 e. The van der Waals surface area contributed by atoms with Crippen molar-refractivity contribution < 1.29 is 8.95 Å². The first-order valence-corrected chi connectivity index (χ1v) is 8.95. The van der Waals surface area contributed by atoms with Gasteiger partial charge in [-0.25, -0.2) is 9.19 Å². The van der Waals surface area contributed by atoms with E-state index in [1.165, 1.54) is 0 Å². The number of aromatic nitrogens is 3. The fourth-order valence-electron chi connectivity index (χ4n) is 2.82. The summed E-state index contributed by atoms with van der Waals surface area (Å²) in [6.07, 6.45) is 5.55. The Bertz CT molecular complexity index is 1080. The van der Waals surface area contributed by atoms with E-state index in [4.69, 9.17) is 4.74 Å². The second kappa shape index (κ2) is 6.22. The van der Waals surface area contributed by atoms with Crippen molar-refractivity contribution in [2.75, 3.05) is 7.11 Å². The van der Waals surface area contributed by atoms with E-state index in [0.717, 1.165) is 27.9 Å². The monoisotopic (exact) mass is 351 g/mol. The molecule has 6 heteroatoms. The highest BCUT2D eigenvalue weighted by atomic mass is 32.2. The van der Waals surface area contributed by atoms with Gasteiger partial charge < -0.3 is 9.72 Å². The third-order valence-corrected chi connectivity index (χ3v) is 5.36. The molecule has 3 aromatic heterocycles. The van der Waals surface area contributed by atoms with Crippen LogP contribution in [0.1, 0.15) is 5.56 Å². The zero-order chi connectivity index (χ0) is 17.4. The highest BCUT2D eigenvalue weighted by molar-refractivity contribution is 7.83. The first-order valence-electron chi connectivity index (χ1n) is 7.84. The number of benzene rings is 1. The van der Waals surface area contributed by atoms with Crippen LogP contribution in [0.15, 0.2) is 66.0 Å². The van der Waals surface area contributed by atoms with Crippen LogP contribution in [-0.4, -0.2) is 25.3 Å². The molecular weight excluding hydrogens is 334 g/mol. The molecule has 1 aromatic carbocycles. The number of fused-ring (bicyclic) bond motifs is 1. The van der Waals surface area contributed by atoms with Crippen LogP contribution in [0.2, 0.25) is 0 Å². The number of aryl methyl sites for hydroxylation is 1. The van der Waals surface area contributed by atoms with Crippen molar-refractivity contribution in [1.82, 2.24) is 13.9 Å². The van der Waals surface area contributed by atoms with Gasteiger partial charge in [0.2, 0.25) is 0 Å². The summed E-state index contributed by atoms with van der Waals surface area (Å²) in [5, 5.41) is 1.02. The van der Waals surface area contributed by atoms with Crippen LogP contribution in [0, 0.1) is 6.92 Å². The number of hydrogen-bond acceptors (Lipinski definition) is 3. The zero-order valence-corrected chi connectivity index (χ0v) is 14.7. The Morgan fingerprint density at radius 3 is 2.92 bits per heavy atom. The Hall–Kier alpha value is -2.86. The van der Waals surface area contributed by atoms with E-state index in [9.17, 15) is 4.21 Å². The molecule has 0 saturated carbocycles. The maximum Gasteiger partial charge on any atom is 0.157 e. The summed E-state index contributed by atoms with van der Waals surface area (Å²) in [4.78, 5) is 8.21. The molecule has 5 nitrogen and oxygen atoms in total. The number of ether oxygens (including phenoxy) is 1. The molecule has 1 N–H and O–H groups in total. The predicted octanol–water partition coefficient (Wildman–Crippen LogP) is 3.92. The van der Waals surface area contributed by atoms with Crippen LogP contribution < -0.4 is 4.74 Å². The van der Waals surface area contributed by atoms with E-state index >= 15 is 0 Å². The molecule has 0 spiro atoms. The van der Waals surface area contributed by atoms with Gasteiger partial charge in [-0.1, -0.05) is 6.07 Å². The van der Waals surface area contributed by atoms with Gasteiger partial charge in [0.25, 0.3) is 0 Å². The summed E-state index contributed by atoms with van der Waals surface area (Å²) < 4.78 is 20.1. The van der Waals surface area contributed by atoms with Crippen LogP contribution >= 0.6 is 0 Å². The van der Waals surface area contributed by atoms with Gasteiger partial charge in [0.15, 0.2) is 11.0 Å². The van der Waals surface area contributed by atoms with Gasteiger partial charge in [0, 0.05) is 29.5 Å². The van der Waals surface area contributed by atoms with Gasteiger partial charge in [-0.05, 0) is 48.9 Å². The molecule has 0 aliphatic carbocycles. The fourth-order valence-corrected chi connectivity index (χ4v) is 4.06. The normalized spacial score (nSPS) is 12.4. The number of hydrogen-bond donors (Lipinski definition) is 1. The molecule has 25 heavy (non-hydrogen) atoms. The third-order valence-electron chi connectivity index (χ3n) is 4.04. The van der Waals surface area contributed by atoms with Crippen LogP contribution in [0.5, 0.6) is 5.75 Å². The summed E-state index contributed by atoms with van der Waals surface area (Å²) in [6.45, 7) is 1.99. The molecule has 4 aromatic rings. The van der Waals surface area contributed by atoms with Gasteiger partial charge in [-0.15, -0.1) is 0 Å². The Labute approximate surface area is 147 Å². The lowest BCUT2D eigenvalue weighted by Gasteiger charge is -2.10. The molecule has 4 rings (SSSR count). The molecule has 0 saturated heterocycles. The summed E-state index contributed by atoms with van der Waals surface area (Å²) >= 11 is 0. The third kappa shape index (κ3) is 2.85. The second-order valence-electron chi connectivity index (χ2n) is 5.80. The van der Waals surface area contributed by atoms with Gasteiger partial charge in [0.05, 0.1) is 17.7 Å². The van der Waals surface area contributed by atoms with Crippen molar-refractivity contribution in [3.8, 4) is 17.0 Å². The Morgan fingerprint density at radius 1 is 1.20 bits per heavy atom. The highest BCUT2D eigenvalue weighted by Gasteiger charge is 2.15. The van der Waals surface area contributed by atoms with Crippen LogP contribution in [0.3, 0.4) is 0 Å². The lowest BCUT2D eigenvalue weighted by molar-refractivity contribution is 0.413. The Morgan fingerprint density at radius 2 is 2.08 bits per heavy atom. The summed E-state index contributed by atoms with van der Waals surface area (Å²) in [6, 6.07) is 13.4. The van der Waals surface area contributed by atoms with Crippen LogP contribution in [-0.2, 0) is 11.0 Å². The molecule has 0 fully saturated rings. The molecule has 126 valence electrons. The van der Waals surface area contributed by atoms with Crippen molar-refractivity contribution in [3.63, 3.8) is 0 Å². The lowest BCUT2D eigenvalue weighted by Crippen LogP contribution is -2.05. The number of nitrogens with one attached hydrogen (secondary N) is 1. The zero-order valence-electron chi connectivity index (χ0n) is 13.9. The van der Waals surface area contributed by atoms with Crippen molar-refractivity contribution in [1.29, 1.82) is 0 Å². The van der Waals surface area contributed by atoms with E-state index < -0.39 is 11.0 Å². The SMILES string of the molecule is COc1cccc(S(=O)n2cc(C)cc2-c2cnc3[nH]ccc3c2)c1. The first kappa shape index (κ1) is 15.7. The second-order valence-corrected chi connectivity index (χ2v) is 7.16. The molecule has 0 aliphatic rings. The van der Waals surface area contributed by atoms with Gasteiger partial charge >= 0.3 is 0 Å². The largest absolute Gasteiger partial charge is 0.497 e. The number of nitrogens with zero attached hydrogens (tertiary/aromatic N) is 2. The maximum absolute atomic E-state index is 13.1. The molecule has 3 heterocycles. The van der Waals surface area contributed by atoms with E-state index in [-0.39, 0.29) is 0 Å².